The van der Waals surface area contributed by atoms with Crippen LogP contribution < -0.4 is 5.32 Å². The molecule has 0 aliphatic rings. The largest absolute Gasteiger partial charge is 0.460 e. The zero-order chi connectivity index (χ0) is 26.4. The minimum atomic E-state index is -8.69. The Kier molecular flexibility index (Phi) is 8.13. The van der Waals surface area contributed by atoms with Crippen LogP contribution in [0.25, 0.3) is 0 Å². The molecule has 0 saturated carbocycles. The monoisotopic (exact) mass is 523 g/mol. The van der Waals surface area contributed by atoms with Crippen molar-refractivity contribution in [1.29, 1.82) is 0 Å². The van der Waals surface area contributed by atoms with Crippen molar-refractivity contribution in [3.8, 4) is 0 Å². The molecule has 0 saturated heterocycles. The lowest BCUT2D eigenvalue weighted by atomic mass is 9.90. The predicted molar refractivity (Wildman–Crippen MR) is 66.4 cm³/mol. The quantitative estimate of drug-likeness (QED) is 0.280. The fraction of sp³-hybridized carbons (Fsp3) is 1.00. The summed E-state index contributed by atoms with van der Waals surface area (Å²) in [5, 5.41) is 17.0. The van der Waals surface area contributed by atoms with Gasteiger partial charge in [0.15, 0.2) is 0 Å². The summed E-state index contributed by atoms with van der Waals surface area (Å²) in [5.74, 6) is -50.4. The summed E-state index contributed by atoms with van der Waals surface area (Å²) in [6.07, 6.45) is -8.99. The Morgan fingerprint density at radius 3 is 1.09 bits per heavy atom. The number of aliphatic hydroxyl groups is 2. The molecule has 0 aromatic heterocycles. The Labute approximate surface area is 165 Å². The van der Waals surface area contributed by atoms with Gasteiger partial charge in [0.05, 0.1) is 6.61 Å². The lowest BCUT2D eigenvalue weighted by Gasteiger charge is -2.43. The van der Waals surface area contributed by atoms with E-state index in [4.69, 9.17) is 10.2 Å². The van der Waals surface area contributed by atoms with Crippen molar-refractivity contribution >= 4 is 0 Å². The third-order valence-corrected chi connectivity index (χ3v) is 3.81. The molecule has 0 rings (SSSR count). The van der Waals surface area contributed by atoms with Crippen molar-refractivity contribution in [3.05, 3.63) is 0 Å². The van der Waals surface area contributed by atoms with Crippen LogP contribution in [0.15, 0.2) is 0 Å². The summed E-state index contributed by atoms with van der Waals surface area (Å²) in [6.45, 7) is -2.95. The van der Waals surface area contributed by atoms with E-state index in [-0.39, 0.29) is 5.32 Å². The van der Waals surface area contributed by atoms with Crippen LogP contribution in [0, 0.1) is 0 Å². The van der Waals surface area contributed by atoms with E-state index >= 15 is 0 Å². The lowest BCUT2D eigenvalue weighted by Crippen LogP contribution is -2.76. The van der Waals surface area contributed by atoms with Crippen molar-refractivity contribution in [2.24, 2.45) is 0 Å². The third-order valence-electron chi connectivity index (χ3n) is 3.81. The van der Waals surface area contributed by atoms with Crippen LogP contribution in [0.1, 0.15) is 6.42 Å². The number of halogens is 17. The first-order chi connectivity index (χ1) is 13.7. The van der Waals surface area contributed by atoms with Gasteiger partial charge in [-0.3, -0.25) is 0 Å². The van der Waals surface area contributed by atoms with Crippen molar-refractivity contribution in [3.63, 3.8) is 0 Å². The fourth-order valence-electron chi connectivity index (χ4n) is 1.88. The topological polar surface area (TPSA) is 52.5 Å². The van der Waals surface area contributed by atoms with Crippen LogP contribution in [0.2, 0.25) is 0 Å². The van der Waals surface area contributed by atoms with Gasteiger partial charge in [0.1, 0.15) is 0 Å². The highest BCUT2D eigenvalue weighted by molar-refractivity contribution is 5.14. The van der Waals surface area contributed by atoms with E-state index < -0.39 is 73.4 Å². The van der Waals surface area contributed by atoms with Gasteiger partial charge in [0, 0.05) is 12.6 Å². The van der Waals surface area contributed by atoms with Crippen molar-refractivity contribution in [2.75, 3.05) is 13.2 Å². The normalized spacial score (nSPS) is 17.0. The first-order valence-corrected chi connectivity index (χ1v) is 7.45. The number of hydrogen-bond acceptors (Lipinski definition) is 3. The molecule has 20 heteroatoms. The van der Waals surface area contributed by atoms with Crippen molar-refractivity contribution in [1.82, 2.24) is 5.32 Å². The van der Waals surface area contributed by atoms with Crippen LogP contribution in [-0.2, 0) is 0 Å². The van der Waals surface area contributed by atoms with Gasteiger partial charge in [0.2, 0.25) is 0 Å². The van der Waals surface area contributed by atoms with E-state index in [2.05, 4.69) is 0 Å². The zero-order valence-corrected chi connectivity index (χ0v) is 14.5. The van der Waals surface area contributed by atoms with Gasteiger partial charge in [-0.15, -0.1) is 0 Å². The third kappa shape index (κ3) is 4.28. The zero-order valence-electron chi connectivity index (χ0n) is 14.5. The molecule has 0 spiro atoms. The molecule has 0 amide bonds. The fourth-order valence-corrected chi connectivity index (χ4v) is 1.88. The summed E-state index contributed by atoms with van der Waals surface area (Å²) >= 11 is 0. The van der Waals surface area contributed by atoms with Crippen LogP contribution in [-0.4, -0.2) is 77.2 Å². The maximum absolute atomic E-state index is 13.5. The minimum Gasteiger partial charge on any atom is -0.396 e. The molecule has 0 fully saturated rings. The van der Waals surface area contributed by atoms with Gasteiger partial charge in [-0.2, -0.15) is 74.6 Å². The van der Waals surface area contributed by atoms with E-state index in [0.717, 1.165) is 0 Å². The van der Waals surface area contributed by atoms with Crippen molar-refractivity contribution in [2.45, 2.75) is 60.2 Å². The highest BCUT2D eigenvalue weighted by Crippen LogP contribution is 2.63. The number of hydrogen-bond donors (Lipinski definition) is 3. The maximum atomic E-state index is 13.5. The molecule has 3 nitrogen and oxygen atoms in total. The first-order valence-electron chi connectivity index (χ1n) is 7.45. The van der Waals surface area contributed by atoms with E-state index in [0.29, 0.717) is 0 Å². The molecule has 0 aliphatic heterocycles. The van der Waals surface area contributed by atoms with Gasteiger partial charge >= 0.3 is 47.8 Å². The summed E-state index contributed by atoms with van der Waals surface area (Å²) in [6, 6.07) is -9.33. The molecule has 0 heterocycles. The minimum absolute atomic E-state index is 0.0399. The summed E-state index contributed by atoms with van der Waals surface area (Å²) in [4.78, 5) is 0. The molecule has 194 valence electrons. The van der Waals surface area contributed by atoms with Crippen LogP contribution in [0.5, 0.6) is 0 Å². The molecule has 32 heavy (non-hydrogen) atoms. The number of rotatable bonds is 11. The molecule has 0 aromatic rings. The second kappa shape index (κ2) is 8.48. The van der Waals surface area contributed by atoms with E-state index in [9.17, 15) is 74.6 Å². The molecule has 0 unspecified atom stereocenters. The number of aliphatic hydroxyl groups excluding tert-OH is 2. The highest BCUT2D eigenvalue weighted by atomic mass is 19.4. The molecule has 0 aliphatic carbocycles. The average molecular weight is 523 g/mol. The standard InChI is InChI=1S/C12H10F17NO2/c13-5(14,7(17,18)9(21,22)11(25,26)27)6(15,16)8(19,20)10(23,24)12(28,29)30-4(3-32)1-2-31/h4,30-32H,1-3H2/t4-/m0/s1. The first kappa shape index (κ1) is 30.7. The maximum Gasteiger partial charge on any atom is 0.460 e. The number of nitrogens with one attached hydrogen (secondary N) is 1. The van der Waals surface area contributed by atoms with Crippen molar-refractivity contribution < 1.29 is 84.9 Å². The second-order valence-electron chi connectivity index (χ2n) is 6.05. The van der Waals surface area contributed by atoms with Crippen LogP contribution in [0.3, 0.4) is 0 Å². The molecule has 0 bridgehead atoms. The van der Waals surface area contributed by atoms with Crippen LogP contribution in [0.4, 0.5) is 74.6 Å². The molecular weight excluding hydrogens is 513 g/mol. The Hall–Kier alpha value is -1.31. The van der Waals surface area contributed by atoms with Gasteiger partial charge < -0.3 is 10.2 Å². The Bertz CT molecular complexity index is 644. The predicted octanol–water partition coefficient (Wildman–Crippen LogP) is 4.29. The lowest BCUT2D eigenvalue weighted by molar-refractivity contribution is -0.463. The van der Waals surface area contributed by atoms with Gasteiger partial charge in [-0.1, -0.05) is 0 Å². The summed E-state index contributed by atoms with van der Waals surface area (Å²) in [7, 11) is 0. The molecule has 0 radical (unpaired) electrons. The molecule has 1 atom stereocenters. The summed E-state index contributed by atoms with van der Waals surface area (Å²) < 4.78 is 221. The Morgan fingerprint density at radius 1 is 0.500 bits per heavy atom. The molecule has 0 aromatic carbocycles. The van der Waals surface area contributed by atoms with Gasteiger partial charge in [-0.05, 0) is 6.42 Å². The number of alkyl halides is 17. The molecule has 3 N–H and O–H groups in total. The smallest absolute Gasteiger partial charge is 0.396 e. The van der Waals surface area contributed by atoms with E-state index in [1.165, 1.54) is 0 Å². The van der Waals surface area contributed by atoms with Gasteiger partial charge in [-0.25, -0.2) is 5.32 Å². The SMILES string of the molecule is OCC[C@@H](CO)NC(F)(F)C(F)(F)C(F)(F)C(F)(F)C(F)(F)C(F)(F)C(F)(F)C(F)(F)F. The van der Waals surface area contributed by atoms with E-state index in [1.807, 2.05) is 0 Å². The Balaban J connectivity index is 6.59. The molecular formula is C12H10F17NO2. The second-order valence-corrected chi connectivity index (χ2v) is 6.05. The van der Waals surface area contributed by atoms with E-state index in [1.54, 1.807) is 0 Å². The average Bonchev–Trinajstić information content (AvgIpc) is 2.58. The highest BCUT2D eigenvalue weighted by Gasteiger charge is 2.95. The van der Waals surface area contributed by atoms with Gasteiger partial charge in [0.25, 0.3) is 0 Å². The summed E-state index contributed by atoms with van der Waals surface area (Å²) in [5.41, 5.74) is 0. The Morgan fingerprint density at radius 2 is 0.812 bits per heavy atom. The van der Waals surface area contributed by atoms with Crippen LogP contribution >= 0.6 is 0 Å².